The summed E-state index contributed by atoms with van der Waals surface area (Å²) in [7, 11) is 0. The number of alkyl carbamates (subject to hydrolysis) is 1. The summed E-state index contributed by atoms with van der Waals surface area (Å²) in [4.78, 5) is 51.0. The normalized spacial score (nSPS) is 13.7. The van der Waals surface area contributed by atoms with Crippen molar-refractivity contribution >= 4 is 23.9 Å². The summed E-state index contributed by atoms with van der Waals surface area (Å²) in [5, 5.41) is 16.8. The van der Waals surface area contributed by atoms with Gasteiger partial charge in [0.1, 0.15) is 19.3 Å². The maximum absolute atomic E-state index is 13.0. The molecule has 0 aliphatic heterocycles. The van der Waals surface area contributed by atoms with Gasteiger partial charge in [-0.3, -0.25) is 9.59 Å². The quantitative estimate of drug-likeness (QED) is 0.0979. The number of rotatable bonds is 20. The highest BCUT2D eigenvalue weighted by molar-refractivity contribution is 5.86. The number of esters is 1. The van der Waals surface area contributed by atoms with Gasteiger partial charge < -0.3 is 35.3 Å². The van der Waals surface area contributed by atoms with Crippen LogP contribution in [-0.4, -0.2) is 80.6 Å². The first-order chi connectivity index (χ1) is 22.3. The largest absolute Gasteiger partial charge is 0.462 e. The summed E-state index contributed by atoms with van der Waals surface area (Å²) in [6.45, 7) is 9.58. The maximum Gasteiger partial charge on any atom is 0.407 e. The minimum Gasteiger partial charge on any atom is -0.462 e. The van der Waals surface area contributed by atoms with E-state index in [1.165, 1.54) is 0 Å². The smallest absolute Gasteiger partial charge is 0.407 e. The van der Waals surface area contributed by atoms with Crippen LogP contribution in [0.5, 0.6) is 0 Å². The zero-order chi connectivity index (χ0) is 33.3. The Morgan fingerprint density at radius 1 is 0.935 bits per heavy atom. The highest BCUT2D eigenvalue weighted by Gasteiger charge is 2.30. The van der Waals surface area contributed by atoms with Crippen LogP contribution in [0.3, 0.4) is 0 Å². The van der Waals surface area contributed by atoms with Crippen molar-refractivity contribution in [3.63, 3.8) is 0 Å². The average Bonchev–Trinajstić information content (AvgIpc) is 3.37. The number of aliphatic hydroxyl groups excluding tert-OH is 1. The monoisotopic (exact) mass is 635 g/mol. The molecule has 0 bridgehead atoms. The lowest BCUT2D eigenvalue weighted by molar-refractivity contribution is -0.147. The molecule has 0 radical (unpaired) electrons. The van der Waals surface area contributed by atoms with Gasteiger partial charge in [0.25, 0.3) is 0 Å². The van der Waals surface area contributed by atoms with Crippen LogP contribution >= 0.6 is 0 Å². The number of hydrogen-bond donors (Lipinski definition) is 4. The molecule has 0 unspecified atom stereocenters. The lowest BCUT2D eigenvalue weighted by Crippen LogP contribution is -2.45. The highest BCUT2D eigenvalue weighted by Crippen LogP contribution is 2.44. The topological polar surface area (TPSA) is 152 Å². The van der Waals surface area contributed by atoms with Crippen LogP contribution in [0.15, 0.2) is 73.8 Å². The number of allylic oxidation sites excluding steroid dienone is 2. The van der Waals surface area contributed by atoms with E-state index in [0.29, 0.717) is 6.42 Å². The van der Waals surface area contributed by atoms with Gasteiger partial charge in [0.15, 0.2) is 0 Å². The number of aliphatic hydroxyl groups is 1. The zero-order valence-corrected chi connectivity index (χ0v) is 26.4. The molecule has 11 nitrogen and oxygen atoms in total. The van der Waals surface area contributed by atoms with Gasteiger partial charge in [0, 0.05) is 18.9 Å². The van der Waals surface area contributed by atoms with Crippen LogP contribution in [-0.2, 0) is 28.6 Å². The van der Waals surface area contributed by atoms with Crippen LogP contribution in [0.25, 0.3) is 11.1 Å². The van der Waals surface area contributed by atoms with Gasteiger partial charge in [-0.15, -0.1) is 13.2 Å². The molecule has 0 spiro atoms. The molecule has 0 saturated heterocycles. The van der Waals surface area contributed by atoms with E-state index in [4.69, 9.17) is 19.3 Å². The minimum atomic E-state index is -0.977. The molecule has 2 aromatic rings. The molecule has 2 aromatic carbocycles. The molecule has 4 N–H and O–H groups in total. The molecule has 3 amide bonds. The fraction of sp³-hybridized carbons (Fsp3) is 0.429. The second-order valence-electron chi connectivity index (χ2n) is 11.0. The van der Waals surface area contributed by atoms with Crippen molar-refractivity contribution in [2.24, 2.45) is 5.92 Å². The van der Waals surface area contributed by atoms with Crippen molar-refractivity contribution < 1.29 is 38.5 Å². The van der Waals surface area contributed by atoms with Crippen molar-refractivity contribution in [1.29, 1.82) is 0 Å². The second-order valence-corrected chi connectivity index (χ2v) is 11.0. The summed E-state index contributed by atoms with van der Waals surface area (Å²) in [5.74, 6) is -2.15. The van der Waals surface area contributed by atoms with Crippen LogP contribution in [0.1, 0.15) is 49.7 Å². The number of ether oxygens (including phenoxy) is 3. The predicted molar refractivity (Wildman–Crippen MR) is 174 cm³/mol. The molecule has 1 aliphatic carbocycles. The summed E-state index contributed by atoms with van der Waals surface area (Å²) < 4.78 is 16.2. The standard InChI is InChI=1S/C35H45N3O8/c1-4-6-16-31(38-35(43)46-23-30-28-14-9-7-12-26(28)27-13-8-10-15-29(27)30)34(42)45-22-24(3)37-33(41)25(11-5-2)21-32(40)36-17-19-44-20-18-39/h4-5,7-10,12-15,24-25,30-31,39H,1-2,6,11,16-23H2,3H3,(H,36,40)(H,37,41)(H,38,43)/t24-,25-,31-/m0/s1. The molecule has 0 fully saturated rings. The fourth-order valence-electron chi connectivity index (χ4n) is 5.24. The SMILES string of the molecule is C=CCC[C@H](NC(=O)OCC1c2ccccc2-c2ccccc21)C(=O)OC[C@H](C)NC(=O)[C@@H](CC=C)CC(=O)NCCOCCO. The Balaban J connectivity index is 1.48. The fourth-order valence-corrected chi connectivity index (χ4v) is 5.24. The first-order valence-corrected chi connectivity index (χ1v) is 15.5. The number of fused-ring (bicyclic) bond motifs is 3. The third-order valence-corrected chi connectivity index (χ3v) is 7.50. The van der Waals surface area contributed by atoms with Gasteiger partial charge in [0.05, 0.1) is 31.8 Å². The van der Waals surface area contributed by atoms with E-state index in [-0.39, 0.29) is 76.6 Å². The Morgan fingerprint density at radius 3 is 2.24 bits per heavy atom. The molecular weight excluding hydrogens is 590 g/mol. The average molecular weight is 636 g/mol. The van der Waals surface area contributed by atoms with E-state index in [2.05, 4.69) is 41.2 Å². The predicted octanol–water partition coefficient (Wildman–Crippen LogP) is 3.62. The Labute approximate surface area is 270 Å². The number of carbonyl (C=O) groups is 4. The number of nitrogens with one attached hydrogen (secondary N) is 3. The van der Waals surface area contributed by atoms with Crippen LogP contribution in [0.2, 0.25) is 0 Å². The molecule has 3 atom stereocenters. The summed E-state index contributed by atoms with van der Waals surface area (Å²) in [6.07, 6.45) is 3.40. The first-order valence-electron chi connectivity index (χ1n) is 15.5. The number of amides is 3. The van der Waals surface area contributed by atoms with E-state index in [1.54, 1.807) is 19.1 Å². The van der Waals surface area contributed by atoms with E-state index in [9.17, 15) is 19.2 Å². The lowest BCUT2D eigenvalue weighted by Gasteiger charge is -2.21. The highest BCUT2D eigenvalue weighted by atomic mass is 16.6. The molecule has 248 valence electrons. The zero-order valence-electron chi connectivity index (χ0n) is 26.4. The second kappa shape index (κ2) is 19.1. The maximum atomic E-state index is 13.0. The van der Waals surface area contributed by atoms with Crippen LogP contribution in [0, 0.1) is 5.92 Å². The van der Waals surface area contributed by atoms with E-state index >= 15 is 0 Å². The summed E-state index contributed by atoms with van der Waals surface area (Å²) in [6, 6.07) is 14.5. The Morgan fingerprint density at radius 2 is 1.61 bits per heavy atom. The van der Waals surface area contributed by atoms with Crippen molar-refractivity contribution in [1.82, 2.24) is 16.0 Å². The third-order valence-electron chi connectivity index (χ3n) is 7.50. The van der Waals surface area contributed by atoms with Gasteiger partial charge in [-0.1, -0.05) is 60.7 Å². The number of hydrogen-bond acceptors (Lipinski definition) is 8. The van der Waals surface area contributed by atoms with Gasteiger partial charge in [-0.05, 0) is 48.4 Å². The molecule has 46 heavy (non-hydrogen) atoms. The molecule has 1 aliphatic rings. The van der Waals surface area contributed by atoms with E-state index < -0.39 is 30.1 Å². The van der Waals surface area contributed by atoms with Crippen molar-refractivity contribution in [3.05, 3.63) is 85.0 Å². The molecular formula is C35H45N3O8. The van der Waals surface area contributed by atoms with Gasteiger partial charge in [-0.2, -0.15) is 0 Å². The van der Waals surface area contributed by atoms with Crippen molar-refractivity contribution in [2.45, 2.75) is 50.6 Å². The van der Waals surface area contributed by atoms with Gasteiger partial charge in [0.2, 0.25) is 11.8 Å². The number of carbonyl (C=O) groups excluding carboxylic acids is 4. The molecule has 0 heterocycles. The molecule has 0 aromatic heterocycles. The number of benzene rings is 2. The lowest BCUT2D eigenvalue weighted by atomic mass is 9.98. The van der Waals surface area contributed by atoms with Crippen molar-refractivity contribution in [3.8, 4) is 11.1 Å². The minimum absolute atomic E-state index is 0.0575. The Kier molecular flexibility index (Phi) is 15.0. The molecule has 3 rings (SSSR count). The van der Waals surface area contributed by atoms with Gasteiger partial charge in [-0.25, -0.2) is 9.59 Å². The first kappa shape index (κ1) is 36.0. The van der Waals surface area contributed by atoms with Gasteiger partial charge >= 0.3 is 12.1 Å². The van der Waals surface area contributed by atoms with Crippen LogP contribution in [0.4, 0.5) is 4.79 Å². The van der Waals surface area contributed by atoms with E-state index in [1.807, 2.05) is 36.4 Å². The molecule has 11 heteroatoms. The Bertz CT molecular complexity index is 1300. The third kappa shape index (κ3) is 10.8. The Hall–Kier alpha value is -4.48. The summed E-state index contributed by atoms with van der Waals surface area (Å²) in [5.41, 5.74) is 4.38. The van der Waals surface area contributed by atoms with E-state index in [0.717, 1.165) is 22.3 Å². The van der Waals surface area contributed by atoms with Crippen molar-refractivity contribution in [2.75, 3.05) is 39.6 Å². The summed E-state index contributed by atoms with van der Waals surface area (Å²) >= 11 is 0. The van der Waals surface area contributed by atoms with Crippen LogP contribution < -0.4 is 16.0 Å². The molecule has 0 saturated carbocycles.